The molecule has 1 unspecified atom stereocenters. The Labute approximate surface area is 239 Å². The number of aromatic nitrogens is 3. The average Bonchev–Trinajstić information content (AvgIpc) is 3.40. The van der Waals surface area contributed by atoms with Crippen molar-refractivity contribution < 1.29 is 17.9 Å². The number of benzene rings is 2. The van der Waals surface area contributed by atoms with Crippen LogP contribution in [0.3, 0.4) is 0 Å². The Balaban J connectivity index is 1.50. The first-order chi connectivity index (χ1) is 19.7. The summed E-state index contributed by atoms with van der Waals surface area (Å²) < 4.78 is 50.0. The van der Waals surface area contributed by atoms with Crippen LogP contribution in [0.1, 0.15) is 35.8 Å². The van der Waals surface area contributed by atoms with E-state index >= 15 is 0 Å². The van der Waals surface area contributed by atoms with Gasteiger partial charge >= 0.3 is 5.76 Å². The molecule has 41 heavy (non-hydrogen) atoms. The second-order valence-corrected chi connectivity index (χ2v) is 10.3. The number of nitrogens with zero attached hydrogens (tertiary/aromatic N) is 3. The molecular formula is C28H29F3N8OS. The van der Waals surface area contributed by atoms with Crippen molar-refractivity contribution in [3.8, 4) is 16.9 Å². The summed E-state index contributed by atoms with van der Waals surface area (Å²) in [5, 5.41) is 20.0. The van der Waals surface area contributed by atoms with Crippen LogP contribution in [0.15, 0.2) is 61.1 Å². The Morgan fingerprint density at radius 3 is 2.61 bits per heavy atom. The van der Waals surface area contributed by atoms with E-state index in [0.717, 1.165) is 24.2 Å². The zero-order valence-corrected chi connectivity index (χ0v) is 23.1. The van der Waals surface area contributed by atoms with Gasteiger partial charge in [0.05, 0.1) is 34.9 Å². The molecule has 2 aromatic carbocycles. The lowest BCUT2D eigenvalue weighted by molar-refractivity contribution is 0.228. The van der Waals surface area contributed by atoms with Crippen molar-refractivity contribution in [3.05, 3.63) is 83.6 Å². The fourth-order valence-electron chi connectivity index (χ4n) is 4.50. The number of halogens is 3. The Morgan fingerprint density at radius 2 is 1.95 bits per heavy atom. The number of alkyl halides is 2. The van der Waals surface area contributed by atoms with Crippen LogP contribution in [-0.2, 0) is 0 Å². The molecule has 0 saturated carbocycles. The molecule has 6 N–H and O–H groups in total. The molecule has 1 aliphatic heterocycles. The van der Waals surface area contributed by atoms with E-state index in [1.807, 2.05) is 10.9 Å². The summed E-state index contributed by atoms with van der Waals surface area (Å²) in [6, 6.07) is 10.9. The van der Waals surface area contributed by atoms with Crippen LogP contribution < -0.4 is 25.8 Å². The van der Waals surface area contributed by atoms with E-state index in [1.54, 1.807) is 56.7 Å². The van der Waals surface area contributed by atoms with E-state index in [9.17, 15) is 13.2 Å². The second-order valence-electron chi connectivity index (χ2n) is 9.46. The zero-order chi connectivity index (χ0) is 29.1. The van der Waals surface area contributed by atoms with Crippen LogP contribution in [0.5, 0.6) is 5.75 Å². The molecule has 3 heterocycles. The number of pyridine rings is 1. The Hall–Kier alpha value is -4.23. The van der Waals surface area contributed by atoms with Crippen molar-refractivity contribution >= 4 is 34.9 Å². The molecular weight excluding hydrogens is 553 g/mol. The molecule has 9 nitrogen and oxygen atoms in total. The highest BCUT2D eigenvalue weighted by molar-refractivity contribution is 8.00. The number of anilines is 3. The summed E-state index contributed by atoms with van der Waals surface area (Å²) in [6.45, 7) is 3.46. The van der Waals surface area contributed by atoms with Gasteiger partial charge in [0.1, 0.15) is 23.5 Å². The van der Waals surface area contributed by atoms with Crippen molar-refractivity contribution in [1.29, 1.82) is 5.41 Å². The van der Waals surface area contributed by atoms with E-state index in [2.05, 4.69) is 25.4 Å². The van der Waals surface area contributed by atoms with Gasteiger partial charge in [0, 0.05) is 61.2 Å². The molecule has 2 aromatic heterocycles. The van der Waals surface area contributed by atoms with Gasteiger partial charge in [-0.1, -0.05) is 18.2 Å². The van der Waals surface area contributed by atoms with Crippen LogP contribution in [-0.4, -0.2) is 46.4 Å². The number of hydrogen-bond acceptors (Lipinski definition) is 9. The van der Waals surface area contributed by atoms with Gasteiger partial charge in [0.15, 0.2) is 0 Å². The summed E-state index contributed by atoms with van der Waals surface area (Å²) >= 11 is 0.233. The van der Waals surface area contributed by atoms with E-state index in [-0.39, 0.29) is 41.1 Å². The number of nitrogen functional groups attached to an aromatic ring is 1. The van der Waals surface area contributed by atoms with Gasteiger partial charge in [-0.3, -0.25) is 10.1 Å². The number of nitrogens with two attached hydrogens (primary N) is 1. The van der Waals surface area contributed by atoms with Crippen molar-refractivity contribution in [3.63, 3.8) is 0 Å². The summed E-state index contributed by atoms with van der Waals surface area (Å²) in [5.41, 5.74) is 10.3. The summed E-state index contributed by atoms with van der Waals surface area (Å²) in [7, 11) is 1.74. The van der Waals surface area contributed by atoms with E-state index in [0.29, 0.717) is 28.1 Å². The van der Waals surface area contributed by atoms with Gasteiger partial charge in [-0.15, -0.1) is 0 Å². The van der Waals surface area contributed by atoms with Crippen molar-refractivity contribution in [2.45, 2.75) is 24.8 Å². The lowest BCUT2D eigenvalue weighted by atomic mass is 9.97. The van der Waals surface area contributed by atoms with Crippen molar-refractivity contribution in [2.75, 3.05) is 35.9 Å². The Morgan fingerprint density at radius 1 is 1.20 bits per heavy atom. The van der Waals surface area contributed by atoms with Crippen molar-refractivity contribution in [2.24, 2.45) is 0 Å². The van der Waals surface area contributed by atoms with Gasteiger partial charge in [-0.2, -0.15) is 13.9 Å². The highest BCUT2D eigenvalue weighted by Crippen LogP contribution is 2.37. The Bertz CT molecular complexity index is 1540. The molecule has 1 aliphatic rings. The van der Waals surface area contributed by atoms with Gasteiger partial charge in [-0.05, 0) is 36.8 Å². The molecule has 5 rings (SSSR count). The standard InChI is InChI=1S/C28H29F3N8OS/c1-15(16-3-6-19(29)7-4-16)40-23-9-17(5-8-22(23)38-41-28(30)31)25(32)24-26(34-2)21(13-36-27(24)33)18-10-37-39(14-18)20-11-35-12-20/h3-10,13-15,20,28,32,35,38H,11-12H2,1-2H3,(H3,33,34,36). The van der Waals surface area contributed by atoms with Crippen LogP contribution in [0.4, 0.5) is 30.4 Å². The maximum atomic E-state index is 13.4. The third kappa shape index (κ3) is 6.10. The maximum Gasteiger partial charge on any atom is 0.302 e. The lowest BCUT2D eigenvalue weighted by Crippen LogP contribution is -2.43. The predicted octanol–water partition coefficient (Wildman–Crippen LogP) is 5.69. The van der Waals surface area contributed by atoms with Crippen LogP contribution in [0.25, 0.3) is 11.1 Å². The molecule has 1 atom stereocenters. The monoisotopic (exact) mass is 582 g/mol. The highest BCUT2D eigenvalue weighted by Gasteiger charge is 2.24. The largest absolute Gasteiger partial charge is 0.484 e. The van der Waals surface area contributed by atoms with E-state index in [1.165, 1.54) is 12.1 Å². The minimum Gasteiger partial charge on any atom is -0.484 e. The molecule has 1 saturated heterocycles. The first-order valence-electron chi connectivity index (χ1n) is 12.8. The minimum absolute atomic E-state index is 0.0594. The third-order valence-electron chi connectivity index (χ3n) is 6.83. The minimum atomic E-state index is -2.66. The molecule has 0 spiro atoms. The number of ether oxygens (including phenoxy) is 1. The fraction of sp³-hybridized carbons (Fsp3) is 0.250. The third-order valence-corrected chi connectivity index (χ3v) is 7.34. The fourth-order valence-corrected chi connectivity index (χ4v) is 4.88. The van der Waals surface area contributed by atoms with Gasteiger partial charge in [0.25, 0.3) is 0 Å². The van der Waals surface area contributed by atoms with Gasteiger partial charge < -0.3 is 25.8 Å². The van der Waals surface area contributed by atoms with E-state index in [4.69, 9.17) is 15.9 Å². The van der Waals surface area contributed by atoms with Gasteiger partial charge in [-0.25, -0.2) is 9.37 Å². The van der Waals surface area contributed by atoms with Crippen LogP contribution in [0.2, 0.25) is 0 Å². The molecule has 0 aliphatic carbocycles. The topological polar surface area (TPSA) is 126 Å². The zero-order valence-electron chi connectivity index (χ0n) is 22.3. The van der Waals surface area contributed by atoms with Crippen LogP contribution >= 0.6 is 11.9 Å². The molecule has 0 bridgehead atoms. The first-order valence-corrected chi connectivity index (χ1v) is 13.7. The second kappa shape index (κ2) is 12.1. The quantitative estimate of drug-likeness (QED) is 0.113. The van der Waals surface area contributed by atoms with Gasteiger partial charge in [0.2, 0.25) is 0 Å². The molecule has 214 valence electrons. The molecule has 0 radical (unpaired) electrons. The average molecular weight is 583 g/mol. The smallest absolute Gasteiger partial charge is 0.302 e. The number of nitrogens with one attached hydrogen (secondary N) is 4. The summed E-state index contributed by atoms with van der Waals surface area (Å²) in [4.78, 5) is 4.37. The molecule has 0 amide bonds. The van der Waals surface area contributed by atoms with Crippen molar-refractivity contribution in [1.82, 2.24) is 20.1 Å². The first kappa shape index (κ1) is 28.3. The normalized spacial score (nSPS) is 14.0. The summed E-state index contributed by atoms with van der Waals surface area (Å²) in [6.07, 6.45) is 4.80. The lowest BCUT2D eigenvalue weighted by Gasteiger charge is -2.27. The molecule has 13 heteroatoms. The SMILES string of the molecule is CNc1c(-c2cnn(C3CNC3)c2)cnc(N)c1C(=N)c1ccc(NSC(F)F)c(OC(C)c2ccc(F)cc2)c1. The maximum absolute atomic E-state index is 13.4. The summed E-state index contributed by atoms with van der Waals surface area (Å²) in [5.74, 6) is -2.65. The van der Waals surface area contributed by atoms with Crippen LogP contribution in [0, 0.1) is 11.2 Å². The van der Waals surface area contributed by atoms with E-state index < -0.39 is 11.9 Å². The molecule has 4 aromatic rings. The Kier molecular flexibility index (Phi) is 8.36. The number of hydrogen-bond donors (Lipinski definition) is 5. The predicted molar refractivity (Wildman–Crippen MR) is 156 cm³/mol. The highest BCUT2D eigenvalue weighted by atomic mass is 32.2. The number of rotatable bonds is 11. The molecule has 1 fully saturated rings.